The van der Waals surface area contributed by atoms with E-state index in [4.69, 9.17) is 0 Å². The number of anilines is 1. The van der Waals surface area contributed by atoms with Gasteiger partial charge in [0.1, 0.15) is 0 Å². The van der Waals surface area contributed by atoms with Gasteiger partial charge in [-0.2, -0.15) is 0 Å². The van der Waals surface area contributed by atoms with Crippen LogP contribution in [0.15, 0.2) is 18.5 Å². The first-order valence-corrected chi connectivity index (χ1v) is 6.02. The maximum atomic E-state index is 4.21. The largest absolute Gasteiger partial charge is 0.373 e. The lowest BCUT2D eigenvalue weighted by Gasteiger charge is -2.22. The molecule has 0 atom stereocenters. The number of pyridine rings is 1. The van der Waals surface area contributed by atoms with E-state index >= 15 is 0 Å². The summed E-state index contributed by atoms with van der Waals surface area (Å²) < 4.78 is 0. The summed E-state index contributed by atoms with van der Waals surface area (Å²) >= 11 is 0. The fraction of sp³-hybridized carbons (Fsp3) is 0.615. The predicted molar refractivity (Wildman–Crippen MR) is 69.8 cm³/mol. The normalized spacial score (nSPS) is 10.8. The molecule has 3 heteroatoms. The zero-order chi connectivity index (χ0) is 12.0. The molecule has 16 heavy (non-hydrogen) atoms. The Morgan fingerprint density at radius 2 is 2.19 bits per heavy atom. The van der Waals surface area contributed by atoms with Crippen molar-refractivity contribution < 1.29 is 0 Å². The highest BCUT2D eigenvalue weighted by atomic mass is 15.1. The van der Waals surface area contributed by atoms with Crippen molar-refractivity contribution in [2.24, 2.45) is 0 Å². The molecule has 0 aliphatic rings. The van der Waals surface area contributed by atoms with Gasteiger partial charge in [-0.25, -0.2) is 0 Å². The zero-order valence-electron chi connectivity index (χ0n) is 10.8. The molecule has 1 rings (SSSR count). The van der Waals surface area contributed by atoms with Gasteiger partial charge in [-0.15, -0.1) is 0 Å². The van der Waals surface area contributed by atoms with Crippen LogP contribution < -0.4 is 10.2 Å². The van der Waals surface area contributed by atoms with Crippen LogP contribution in [0.4, 0.5) is 5.69 Å². The summed E-state index contributed by atoms with van der Waals surface area (Å²) in [6.45, 7) is 8.50. The number of nitrogens with one attached hydrogen (secondary N) is 1. The molecule has 1 heterocycles. The van der Waals surface area contributed by atoms with Crippen molar-refractivity contribution in [1.29, 1.82) is 0 Å². The summed E-state index contributed by atoms with van der Waals surface area (Å²) in [6, 6.07) is 2.61. The van der Waals surface area contributed by atoms with E-state index in [0.29, 0.717) is 6.04 Å². The first-order valence-electron chi connectivity index (χ1n) is 6.02. The fourth-order valence-electron chi connectivity index (χ4n) is 1.68. The average Bonchev–Trinajstić information content (AvgIpc) is 2.27. The Morgan fingerprint density at radius 1 is 1.44 bits per heavy atom. The van der Waals surface area contributed by atoms with Gasteiger partial charge in [0, 0.05) is 32.4 Å². The molecular formula is C13H23N3. The zero-order valence-corrected chi connectivity index (χ0v) is 10.8. The molecule has 0 bridgehead atoms. The van der Waals surface area contributed by atoms with Crippen molar-refractivity contribution in [1.82, 2.24) is 10.3 Å². The van der Waals surface area contributed by atoms with Crippen LogP contribution in [0.25, 0.3) is 0 Å². The molecule has 3 nitrogen and oxygen atoms in total. The molecule has 1 N–H and O–H groups in total. The van der Waals surface area contributed by atoms with E-state index in [9.17, 15) is 0 Å². The Labute approximate surface area is 98.9 Å². The van der Waals surface area contributed by atoms with E-state index in [1.165, 1.54) is 11.3 Å². The van der Waals surface area contributed by atoms with Crippen LogP contribution in [-0.4, -0.2) is 24.6 Å². The molecular weight excluding hydrogens is 198 g/mol. The van der Waals surface area contributed by atoms with Gasteiger partial charge >= 0.3 is 0 Å². The molecule has 1 aromatic heterocycles. The predicted octanol–water partition coefficient (Wildman–Crippen LogP) is 2.43. The molecule has 0 saturated heterocycles. The summed E-state index contributed by atoms with van der Waals surface area (Å²) in [4.78, 5) is 6.47. The highest BCUT2D eigenvalue weighted by Gasteiger charge is 2.06. The number of aromatic nitrogens is 1. The van der Waals surface area contributed by atoms with Crippen molar-refractivity contribution in [3.8, 4) is 0 Å². The van der Waals surface area contributed by atoms with E-state index in [1.54, 1.807) is 0 Å². The van der Waals surface area contributed by atoms with Crippen molar-refractivity contribution >= 4 is 5.69 Å². The van der Waals surface area contributed by atoms with Crippen molar-refractivity contribution in [3.05, 3.63) is 24.0 Å². The molecule has 0 spiro atoms. The van der Waals surface area contributed by atoms with Gasteiger partial charge in [0.05, 0.1) is 11.9 Å². The standard InChI is InChI=1S/C13H23N3/c1-5-8-16(4)13-10-14-7-6-12(13)9-15-11(2)3/h6-7,10-11,15H,5,8-9H2,1-4H3. The average molecular weight is 221 g/mol. The van der Waals surface area contributed by atoms with Crippen LogP contribution in [0, 0.1) is 0 Å². The molecule has 0 aliphatic carbocycles. The highest BCUT2D eigenvalue weighted by molar-refractivity contribution is 5.50. The lowest BCUT2D eigenvalue weighted by molar-refractivity contribution is 0.588. The molecule has 0 saturated carbocycles. The fourth-order valence-corrected chi connectivity index (χ4v) is 1.68. The third kappa shape index (κ3) is 3.81. The number of hydrogen-bond donors (Lipinski definition) is 1. The topological polar surface area (TPSA) is 28.2 Å². The van der Waals surface area contributed by atoms with Crippen LogP contribution >= 0.6 is 0 Å². The van der Waals surface area contributed by atoms with Gasteiger partial charge in [0.25, 0.3) is 0 Å². The van der Waals surface area contributed by atoms with Crippen molar-refractivity contribution in [2.75, 3.05) is 18.5 Å². The summed E-state index contributed by atoms with van der Waals surface area (Å²) in [5, 5.41) is 3.44. The van der Waals surface area contributed by atoms with Crippen LogP contribution in [0.1, 0.15) is 32.8 Å². The van der Waals surface area contributed by atoms with E-state index in [1.807, 2.05) is 12.4 Å². The van der Waals surface area contributed by atoms with Gasteiger partial charge in [-0.1, -0.05) is 20.8 Å². The highest BCUT2D eigenvalue weighted by Crippen LogP contribution is 2.17. The second kappa shape index (κ2) is 6.48. The lowest BCUT2D eigenvalue weighted by Crippen LogP contribution is -2.25. The van der Waals surface area contributed by atoms with Gasteiger partial charge in [-0.3, -0.25) is 4.98 Å². The first-order chi connectivity index (χ1) is 7.65. The Balaban J connectivity index is 2.74. The molecule has 0 radical (unpaired) electrons. The lowest BCUT2D eigenvalue weighted by atomic mass is 10.2. The first kappa shape index (κ1) is 13.0. The van der Waals surface area contributed by atoms with Gasteiger partial charge in [-0.05, 0) is 18.1 Å². The van der Waals surface area contributed by atoms with Gasteiger partial charge < -0.3 is 10.2 Å². The second-order valence-electron chi connectivity index (χ2n) is 4.46. The molecule has 1 aromatic rings. The molecule has 0 unspecified atom stereocenters. The van der Waals surface area contributed by atoms with Gasteiger partial charge in [0.2, 0.25) is 0 Å². The van der Waals surface area contributed by atoms with E-state index in [2.05, 4.69) is 49.1 Å². The number of hydrogen-bond acceptors (Lipinski definition) is 3. The molecule has 0 amide bonds. The summed E-state index contributed by atoms with van der Waals surface area (Å²) in [6.07, 6.45) is 4.97. The minimum Gasteiger partial charge on any atom is -0.373 e. The van der Waals surface area contributed by atoms with Crippen LogP contribution in [0.5, 0.6) is 0 Å². The monoisotopic (exact) mass is 221 g/mol. The van der Waals surface area contributed by atoms with E-state index < -0.39 is 0 Å². The van der Waals surface area contributed by atoms with Gasteiger partial charge in [0.15, 0.2) is 0 Å². The number of rotatable bonds is 6. The molecule has 0 aromatic carbocycles. The SMILES string of the molecule is CCCN(C)c1cnccc1CNC(C)C. The van der Waals surface area contributed by atoms with Crippen LogP contribution in [0.2, 0.25) is 0 Å². The van der Waals surface area contributed by atoms with Crippen molar-refractivity contribution in [3.63, 3.8) is 0 Å². The Kier molecular flexibility index (Phi) is 5.26. The van der Waals surface area contributed by atoms with E-state index in [0.717, 1.165) is 19.5 Å². The Bertz CT molecular complexity index is 310. The quantitative estimate of drug-likeness (QED) is 0.799. The minimum atomic E-state index is 0.512. The van der Waals surface area contributed by atoms with Crippen LogP contribution in [0.3, 0.4) is 0 Å². The Morgan fingerprint density at radius 3 is 2.81 bits per heavy atom. The molecule has 0 fully saturated rings. The minimum absolute atomic E-state index is 0.512. The smallest absolute Gasteiger partial charge is 0.0595 e. The summed E-state index contributed by atoms with van der Waals surface area (Å²) in [7, 11) is 2.12. The van der Waals surface area contributed by atoms with Crippen LogP contribution in [-0.2, 0) is 6.54 Å². The Hall–Kier alpha value is -1.09. The maximum Gasteiger partial charge on any atom is 0.0595 e. The summed E-state index contributed by atoms with van der Waals surface area (Å²) in [5.41, 5.74) is 2.55. The second-order valence-corrected chi connectivity index (χ2v) is 4.46. The number of nitrogens with zero attached hydrogens (tertiary/aromatic N) is 2. The molecule has 90 valence electrons. The van der Waals surface area contributed by atoms with Crippen molar-refractivity contribution in [2.45, 2.75) is 39.8 Å². The third-order valence-electron chi connectivity index (χ3n) is 2.56. The van der Waals surface area contributed by atoms with E-state index in [-0.39, 0.29) is 0 Å². The third-order valence-corrected chi connectivity index (χ3v) is 2.56. The maximum absolute atomic E-state index is 4.21. The molecule has 0 aliphatic heterocycles. The summed E-state index contributed by atoms with van der Waals surface area (Å²) in [5.74, 6) is 0.